The molecule has 0 spiro atoms. The molecule has 0 N–H and O–H groups in total. The Morgan fingerprint density at radius 1 is 0.190 bits per heavy atom. The predicted molar refractivity (Wildman–Crippen MR) is 270 cm³/mol. The van der Waals surface area contributed by atoms with E-state index in [4.69, 9.17) is 0 Å². The maximum absolute atomic E-state index is 2.43. The third-order valence-electron chi connectivity index (χ3n) is 12.8. The summed E-state index contributed by atoms with van der Waals surface area (Å²) in [5.41, 5.74) is 12.8. The van der Waals surface area contributed by atoms with Gasteiger partial charge in [0.2, 0.25) is 0 Å². The molecular formula is C62H41N. The fourth-order valence-electron chi connectivity index (χ4n) is 9.68. The van der Waals surface area contributed by atoms with E-state index in [9.17, 15) is 0 Å². The van der Waals surface area contributed by atoms with Gasteiger partial charge in [-0.05, 0) is 147 Å². The summed E-state index contributed by atoms with van der Waals surface area (Å²) in [6.07, 6.45) is 0. The highest BCUT2D eigenvalue weighted by Gasteiger charge is 2.18. The molecule has 0 atom stereocenters. The summed E-state index contributed by atoms with van der Waals surface area (Å²) in [6.45, 7) is 0. The monoisotopic (exact) mass is 799 g/mol. The van der Waals surface area contributed by atoms with Gasteiger partial charge in [-0.3, -0.25) is 0 Å². The lowest BCUT2D eigenvalue weighted by Crippen LogP contribution is -2.10. The van der Waals surface area contributed by atoms with Crippen LogP contribution >= 0.6 is 0 Å². The third-order valence-corrected chi connectivity index (χ3v) is 12.8. The first-order valence-corrected chi connectivity index (χ1v) is 21.7. The summed E-state index contributed by atoms with van der Waals surface area (Å²) in [4.78, 5) is 2.43. The highest BCUT2D eigenvalue weighted by molar-refractivity contribution is 6.21. The Kier molecular flexibility index (Phi) is 8.90. The highest BCUT2D eigenvalue weighted by Crippen LogP contribution is 2.43. The van der Waals surface area contributed by atoms with Gasteiger partial charge in [0.05, 0.1) is 0 Å². The molecule has 0 saturated heterocycles. The first-order valence-electron chi connectivity index (χ1n) is 21.7. The molecular weight excluding hydrogens is 759 g/mol. The van der Waals surface area contributed by atoms with Crippen molar-refractivity contribution in [1.82, 2.24) is 0 Å². The minimum absolute atomic E-state index is 1.09. The van der Waals surface area contributed by atoms with Crippen LogP contribution < -0.4 is 4.90 Å². The van der Waals surface area contributed by atoms with Crippen molar-refractivity contribution in [2.45, 2.75) is 0 Å². The van der Waals surface area contributed by atoms with Crippen molar-refractivity contribution >= 4 is 70.9 Å². The minimum atomic E-state index is 1.09. The minimum Gasteiger partial charge on any atom is -0.310 e. The Morgan fingerprint density at radius 2 is 0.651 bits per heavy atom. The van der Waals surface area contributed by atoms with Crippen molar-refractivity contribution in [2.24, 2.45) is 0 Å². The summed E-state index contributed by atoms with van der Waals surface area (Å²) >= 11 is 0. The molecule has 294 valence electrons. The van der Waals surface area contributed by atoms with Crippen molar-refractivity contribution in [1.29, 1.82) is 0 Å². The first-order chi connectivity index (χ1) is 31.2. The summed E-state index contributed by atoms with van der Waals surface area (Å²) in [5, 5.41) is 12.6. The van der Waals surface area contributed by atoms with Crippen LogP contribution in [0.1, 0.15) is 0 Å². The smallest absolute Gasteiger partial charge is 0.0473 e. The molecule has 12 aromatic carbocycles. The molecule has 63 heavy (non-hydrogen) atoms. The second-order valence-corrected chi connectivity index (χ2v) is 16.5. The van der Waals surface area contributed by atoms with Gasteiger partial charge in [-0.25, -0.2) is 0 Å². The third kappa shape index (κ3) is 6.59. The molecule has 0 aliphatic carbocycles. The maximum atomic E-state index is 2.43. The van der Waals surface area contributed by atoms with E-state index >= 15 is 0 Å². The zero-order valence-electron chi connectivity index (χ0n) is 34.6. The molecule has 0 bridgehead atoms. The molecule has 1 heteroatoms. The Balaban J connectivity index is 1.04. The second kappa shape index (κ2) is 15.3. The zero-order valence-corrected chi connectivity index (χ0v) is 34.6. The molecule has 0 fully saturated rings. The molecule has 0 unspecified atom stereocenters. The standard InChI is InChI=1S/C62H41N/c1-3-14-42(15-4-1)49-20-13-21-52(37-49)63(53-34-32-48-31-30-45-18-7-9-22-55(45)60(48)40-53)54-38-50(43-16-5-2-6-17-43)36-51(39-54)44-26-28-47(29-27-44)61-41-62-56-23-10-8-19-46(56)33-35-59(62)57-24-11-12-25-58(57)61/h1-41H. The lowest BCUT2D eigenvalue weighted by Gasteiger charge is -2.28. The van der Waals surface area contributed by atoms with Gasteiger partial charge in [0.1, 0.15) is 0 Å². The van der Waals surface area contributed by atoms with Crippen LogP contribution in [-0.4, -0.2) is 0 Å². The Morgan fingerprint density at radius 3 is 1.35 bits per heavy atom. The number of nitrogens with zero attached hydrogens (tertiary/aromatic N) is 1. The fourth-order valence-corrected chi connectivity index (χ4v) is 9.68. The van der Waals surface area contributed by atoms with Crippen LogP contribution in [0.5, 0.6) is 0 Å². The Labute approximate surface area is 367 Å². The van der Waals surface area contributed by atoms with E-state index in [1.54, 1.807) is 0 Å². The molecule has 0 aliphatic rings. The Bertz CT molecular complexity index is 3660. The van der Waals surface area contributed by atoms with Crippen LogP contribution in [0, 0.1) is 0 Å². The lowest BCUT2D eigenvalue weighted by molar-refractivity contribution is 1.29. The molecule has 12 aromatic rings. The van der Waals surface area contributed by atoms with E-state index in [0.29, 0.717) is 0 Å². The van der Waals surface area contributed by atoms with E-state index in [1.165, 1.54) is 81.7 Å². The summed E-state index contributed by atoms with van der Waals surface area (Å²) in [6, 6.07) is 91.2. The quantitative estimate of drug-likeness (QED) is 0.145. The van der Waals surface area contributed by atoms with Crippen LogP contribution in [0.25, 0.3) is 98.4 Å². The molecule has 0 radical (unpaired) electrons. The molecule has 1 nitrogen and oxygen atoms in total. The lowest BCUT2D eigenvalue weighted by atomic mass is 9.90. The Hall–Kier alpha value is -8.26. The van der Waals surface area contributed by atoms with Gasteiger partial charge in [-0.15, -0.1) is 0 Å². The molecule has 0 saturated carbocycles. The van der Waals surface area contributed by atoms with E-state index in [2.05, 4.69) is 254 Å². The number of hydrogen-bond donors (Lipinski definition) is 0. The topological polar surface area (TPSA) is 3.24 Å². The molecule has 12 rings (SSSR count). The van der Waals surface area contributed by atoms with Gasteiger partial charge in [0.25, 0.3) is 0 Å². The van der Waals surface area contributed by atoms with Crippen molar-refractivity contribution in [3.63, 3.8) is 0 Å². The van der Waals surface area contributed by atoms with Gasteiger partial charge >= 0.3 is 0 Å². The van der Waals surface area contributed by atoms with Crippen LogP contribution in [0.4, 0.5) is 17.1 Å². The number of rotatable bonds is 7. The molecule has 0 aromatic heterocycles. The van der Waals surface area contributed by atoms with E-state index in [1.807, 2.05) is 0 Å². The van der Waals surface area contributed by atoms with Gasteiger partial charge in [-0.1, -0.05) is 200 Å². The number of benzene rings is 12. The summed E-state index contributed by atoms with van der Waals surface area (Å²) in [7, 11) is 0. The highest BCUT2D eigenvalue weighted by atomic mass is 15.1. The second-order valence-electron chi connectivity index (χ2n) is 16.5. The molecule has 0 amide bonds. The van der Waals surface area contributed by atoms with Crippen LogP contribution in [-0.2, 0) is 0 Å². The number of anilines is 3. The SMILES string of the molecule is c1ccc(-c2cccc(N(c3cc(-c4ccccc4)cc(-c4ccc(-c5cc6c7ccccc7ccc6c6ccccc56)cc4)c3)c3ccc4ccc5ccccc5c4c3)c2)cc1. The van der Waals surface area contributed by atoms with Crippen molar-refractivity contribution in [3.05, 3.63) is 249 Å². The normalized spacial score (nSPS) is 11.5. The van der Waals surface area contributed by atoms with Crippen molar-refractivity contribution in [2.75, 3.05) is 4.90 Å². The van der Waals surface area contributed by atoms with Crippen LogP contribution in [0.2, 0.25) is 0 Å². The maximum Gasteiger partial charge on any atom is 0.0473 e. The zero-order chi connectivity index (χ0) is 41.7. The van der Waals surface area contributed by atoms with Gasteiger partial charge in [-0.2, -0.15) is 0 Å². The molecule has 0 aliphatic heterocycles. The molecule has 0 heterocycles. The van der Waals surface area contributed by atoms with E-state index in [-0.39, 0.29) is 0 Å². The average Bonchev–Trinajstić information content (AvgIpc) is 3.36. The van der Waals surface area contributed by atoms with Crippen molar-refractivity contribution < 1.29 is 0 Å². The predicted octanol–water partition coefficient (Wildman–Crippen LogP) is 17.6. The van der Waals surface area contributed by atoms with Gasteiger partial charge in [0.15, 0.2) is 0 Å². The van der Waals surface area contributed by atoms with E-state index < -0.39 is 0 Å². The van der Waals surface area contributed by atoms with E-state index in [0.717, 1.165) is 33.8 Å². The fraction of sp³-hybridized carbons (Fsp3) is 0. The average molecular weight is 800 g/mol. The number of hydrogen-bond acceptors (Lipinski definition) is 1. The van der Waals surface area contributed by atoms with Crippen molar-refractivity contribution in [3.8, 4) is 44.5 Å². The van der Waals surface area contributed by atoms with Gasteiger partial charge < -0.3 is 4.90 Å². The van der Waals surface area contributed by atoms with Crippen LogP contribution in [0.3, 0.4) is 0 Å². The van der Waals surface area contributed by atoms with Crippen LogP contribution in [0.15, 0.2) is 249 Å². The largest absolute Gasteiger partial charge is 0.310 e. The first kappa shape index (κ1) is 36.6. The number of fused-ring (bicyclic) bond motifs is 8. The summed E-state index contributed by atoms with van der Waals surface area (Å²) < 4.78 is 0. The summed E-state index contributed by atoms with van der Waals surface area (Å²) in [5.74, 6) is 0. The van der Waals surface area contributed by atoms with Gasteiger partial charge in [0, 0.05) is 17.1 Å².